The van der Waals surface area contributed by atoms with Gasteiger partial charge in [-0.15, -0.1) is 20.4 Å². The molecule has 3 aliphatic heterocycles. The van der Waals surface area contributed by atoms with Gasteiger partial charge in [-0.05, 0) is 103 Å². The molecule has 12 rings (SSSR count). The Morgan fingerprint density at radius 2 is 1.25 bits per heavy atom. The molecule has 0 radical (unpaired) electrons. The number of benzene rings is 4. The molecule has 0 saturated carbocycles. The van der Waals surface area contributed by atoms with Crippen LogP contribution in [0.1, 0.15) is 111 Å². The largest absolute Gasteiger partial charge is 0.493 e. The van der Waals surface area contributed by atoms with Gasteiger partial charge in [0.15, 0.2) is 11.3 Å². The maximum absolute atomic E-state index is 14.6. The zero-order valence-electron chi connectivity index (χ0n) is 46.3. The number of amides is 2. The van der Waals surface area contributed by atoms with Crippen LogP contribution >= 0.6 is 0 Å². The summed E-state index contributed by atoms with van der Waals surface area (Å²) >= 11 is 0. The highest BCUT2D eigenvalue weighted by molar-refractivity contribution is 5.80. The van der Waals surface area contributed by atoms with E-state index in [9.17, 15) is 31.5 Å². The summed E-state index contributed by atoms with van der Waals surface area (Å²) in [6.07, 6.45) is 16.3. The van der Waals surface area contributed by atoms with Gasteiger partial charge in [-0.25, -0.2) is 33.3 Å². The van der Waals surface area contributed by atoms with E-state index >= 15 is 0 Å². The predicted molar refractivity (Wildman–Crippen MR) is 305 cm³/mol. The van der Waals surface area contributed by atoms with E-state index in [1.54, 1.807) is 36.6 Å². The molecule has 434 valence electrons. The molecule has 0 bridgehead atoms. The number of hydrogen-bond donors (Lipinski definition) is 1. The third kappa shape index (κ3) is 16.2. The number of ether oxygens (including phenoxy) is 2. The lowest BCUT2D eigenvalue weighted by Gasteiger charge is -2.27. The van der Waals surface area contributed by atoms with Gasteiger partial charge in [0.2, 0.25) is 12.4 Å². The molecule has 21 heteroatoms. The summed E-state index contributed by atoms with van der Waals surface area (Å²) in [5, 5.41) is 19.9. The fraction of sp³-hybridized carbons (Fsp3) is 0.339. The Morgan fingerprint density at radius 1 is 0.735 bits per heavy atom. The highest BCUT2D eigenvalue weighted by atomic mass is 19.4. The van der Waals surface area contributed by atoms with Crippen LogP contribution in [0, 0.1) is 11.6 Å². The van der Waals surface area contributed by atoms with E-state index < -0.39 is 12.5 Å². The van der Waals surface area contributed by atoms with Gasteiger partial charge >= 0.3 is 12.2 Å². The number of aldehydes is 1. The molecule has 4 aromatic heterocycles. The van der Waals surface area contributed by atoms with E-state index in [1.165, 1.54) is 36.6 Å². The lowest BCUT2D eigenvalue weighted by molar-refractivity contribution is -0.156. The smallest absolute Gasteiger partial charge is 0.446 e. The summed E-state index contributed by atoms with van der Waals surface area (Å²) in [7, 11) is 0. The SMILES string of the molecule is C.Fc1ccc2c(c1CCc1ncc(C3=CCCCC3)c3nncn13)CCO2.O=C(NCc1ccccc1)N1CC=C(c2cnc(CCc3c(F)ccc4c3CCO4)n3cnnc23)CC1.O=C=NCc1ccccc1.O=CC(F)(F)F.[2H]CC. The zero-order valence-corrected chi connectivity index (χ0v) is 45.3. The van der Waals surface area contributed by atoms with E-state index in [1.807, 2.05) is 81.9 Å². The Kier molecular flexibility index (Phi) is 21.9. The second-order valence-corrected chi connectivity index (χ2v) is 19.0. The summed E-state index contributed by atoms with van der Waals surface area (Å²) in [5.41, 5.74) is 11.4. The second kappa shape index (κ2) is 30.2. The normalized spacial score (nSPS) is 14.0. The molecule has 8 aromatic rings. The number of carbonyl (C=O) groups is 2. The van der Waals surface area contributed by atoms with Crippen LogP contribution in [0.2, 0.25) is 0 Å². The molecule has 0 saturated heterocycles. The van der Waals surface area contributed by atoms with Crippen LogP contribution < -0.4 is 14.8 Å². The topological polar surface area (TPSA) is 183 Å². The van der Waals surface area contributed by atoms with Crippen molar-refractivity contribution < 1.29 is 47.2 Å². The van der Waals surface area contributed by atoms with Gasteiger partial charge in [0.25, 0.3) is 0 Å². The number of fused-ring (bicyclic) bond motifs is 4. The molecular weight excluding hydrogens is 1070 g/mol. The number of alkyl halides is 3. The van der Waals surface area contributed by atoms with Crippen LogP contribution in [0.5, 0.6) is 11.5 Å². The summed E-state index contributed by atoms with van der Waals surface area (Å²) in [4.78, 5) is 45.6. The Hall–Kier alpha value is -8.97. The molecule has 0 atom stereocenters. The molecule has 4 aliphatic rings. The third-order valence-corrected chi connectivity index (χ3v) is 14.0. The van der Waals surface area contributed by atoms with Crippen LogP contribution in [0.3, 0.4) is 0 Å². The number of aryl methyl sites for hydroxylation is 2. The molecule has 1 aliphatic carbocycles. The first kappa shape index (κ1) is 60.1. The van der Waals surface area contributed by atoms with E-state index in [0.717, 1.165) is 105 Å². The van der Waals surface area contributed by atoms with Crippen molar-refractivity contribution in [3.63, 3.8) is 0 Å². The van der Waals surface area contributed by atoms with Gasteiger partial charge in [0, 0.05) is 81.3 Å². The molecule has 0 unspecified atom stereocenters. The van der Waals surface area contributed by atoms with Crippen molar-refractivity contribution in [3.05, 3.63) is 190 Å². The number of carbonyl (C=O) groups excluding carboxylic acids is 3. The van der Waals surface area contributed by atoms with Crippen molar-refractivity contribution in [1.82, 2.24) is 49.4 Å². The standard InChI is InChI=1S/C28H27FN6O2.C21H21FN4O.C8H7NO.C2HF3O.C2H6.CH4/c29-24-7-8-25-22(12-15-37-25)21(24)6-9-26-30-17-23(27-33-32-18-35(26)27)20-10-13-34(14-11-20)28(36)31-16-19-4-2-1-3-5-19;22-18-7-8-19-16(10-11-27-19)15(18)6-9-20-23-12-17(14-4-2-1-3-5-14)21-25-24-13-26(20)21;10-7-9-6-8-4-2-1-3-5-8;3-2(4,5)1-6;1-2;/h1-5,7-8,10,17-18H,6,9,11-16H2,(H,31,36);4,7-8,12-13H,1-3,5-6,9-11H2;1-5H,6H2;1H;1-2H3;1H4/i;;;;1D;. The average molecular weight is 1140 g/mol. The molecule has 0 spiro atoms. The van der Waals surface area contributed by atoms with Gasteiger partial charge in [-0.2, -0.15) is 13.2 Å². The van der Waals surface area contributed by atoms with E-state index in [0.29, 0.717) is 84.0 Å². The Morgan fingerprint density at radius 3 is 1.72 bits per heavy atom. The van der Waals surface area contributed by atoms with Gasteiger partial charge in [-0.1, -0.05) is 94.1 Å². The van der Waals surface area contributed by atoms with Crippen molar-refractivity contribution in [2.45, 2.75) is 111 Å². The summed E-state index contributed by atoms with van der Waals surface area (Å²) in [6, 6.07) is 25.8. The minimum atomic E-state index is -4.64. The predicted octanol–water partition coefficient (Wildman–Crippen LogP) is 11.9. The van der Waals surface area contributed by atoms with Crippen molar-refractivity contribution in [2.75, 3.05) is 26.3 Å². The second-order valence-electron chi connectivity index (χ2n) is 19.0. The summed E-state index contributed by atoms with van der Waals surface area (Å²) in [6.45, 7) is 5.57. The molecule has 2 amide bonds. The number of isocyanates is 1. The van der Waals surface area contributed by atoms with E-state index in [2.05, 4.69) is 47.8 Å². The lowest BCUT2D eigenvalue weighted by Crippen LogP contribution is -2.41. The Labute approximate surface area is 479 Å². The highest BCUT2D eigenvalue weighted by Gasteiger charge is 2.26. The molecule has 83 heavy (non-hydrogen) atoms. The summed E-state index contributed by atoms with van der Waals surface area (Å²) < 4.78 is 81.4. The fourth-order valence-electron chi connectivity index (χ4n) is 9.97. The number of nitrogens with zero attached hydrogens (tertiary/aromatic N) is 10. The molecular formula is C62H66F5N11O5. The Bertz CT molecular complexity index is 3590. The number of hydrogen-bond acceptors (Lipinski definition) is 12. The molecule has 7 heterocycles. The fourth-order valence-corrected chi connectivity index (χ4v) is 9.97. The van der Waals surface area contributed by atoms with Crippen molar-refractivity contribution in [1.29, 1.82) is 0 Å². The molecule has 0 fully saturated rings. The van der Waals surface area contributed by atoms with Crippen molar-refractivity contribution in [3.8, 4) is 11.5 Å². The van der Waals surface area contributed by atoms with Gasteiger partial charge in [0.1, 0.15) is 47.4 Å². The number of allylic oxidation sites excluding steroid dienone is 2. The van der Waals surface area contributed by atoms with E-state index in [-0.39, 0.29) is 25.1 Å². The van der Waals surface area contributed by atoms with Crippen LogP contribution in [0.15, 0.2) is 127 Å². The van der Waals surface area contributed by atoms with Gasteiger partial charge in [0.05, 0.1) is 19.8 Å². The highest BCUT2D eigenvalue weighted by Crippen LogP contribution is 2.34. The van der Waals surface area contributed by atoms with Crippen molar-refractivity contribution in [2.24, 2.45) is 4.99 Å². The monoisotopic (exact) mass is 1140 g/mol. The first-order valence-electron chi connectivity index (χ1n) is 27.7. The first-order chi connectivity index (χ1) is 40.4. The van der Waals surface area contributed by atoms with E-state index in [4.69, 9.17) is 20.6 Å². The Balaban J connectivity index is 0.000000187. The number of urea groups is 1. The number of rotatable bonds is 12. The average Bonchev–Trinajstić information content (AvgIpc) is 4.04. The van der Waals surface area contributed by atoms with Crippen LogP contribution in [-0.4, -0.2) is 94.9 Å². The number of nitrogens with one attached hydrogen (secondary N) is 1. The minimum Gasteiger partial charge on any atom is -0.493 e. The first-order valence-corrected chi connectivity index (χ1v) is 27.0. The third-order valence-electron chi connectivity index (χ3n) is 14.0. The summed E-state index contributed by atoms with van der Waals surface area (Å²) in [5.74, 6) is 2.85. The molecule has 4 aromatic carbocycles. The number of aliphatic imine (C=N–C) groups is 1. The minimum absolute atomic E-state index is 0. The van der Waals surface area contributed by atoms with Crippen LogP contribution in [0.25, 0.3) is 22.4 Å². The maximum atomic E-state index is 14.6. The lowest BCUT2D eigenvalue weighted by atomic mass is 9.95. The number of aromatic nitrogens is 8. The van der Waals surface area contributed by atoms with Crippen molar-refractivity contribution >= 4 is 40.8 Å². The quantitative estimate of drug-likeness (QED) is 0.0531. The molecule has 16 nitrogen and oxygen atoms in total. The number of halogens is 5. The zero-order chi connectivity index (χ0) is 58.6. The van der Waals surface area contributed by atoms with Crippen LogP contribution in [-0.2, 0) is 61.2 Å². The van der Waals surface area contributed by atoms with Gasteiger partial charge in [-0.3, -0.25) is 13.6 Å². The molecule has 1 N–H and O–H groups in total. The van der Waals surface area contributed by atoms with Gasteiger partial charge < -0.3 is 19.7 Å². The van der Waals surface area contributed by atoms with Crippen LogP contribution in [0.4, 0.5) is 26.7 Å². The maximum Gasteiger partial charge on any atom is 0.446 e.